The van der Waals surface area contributed by atoms with Crippen LogP contribution in [0, 0.1) is 0 Å². The molecule has 3 aromatic rings. The van der Waals surface area contributed by atoms with E-state index < -0.39 is 0 Å². The van der Waals surface area contributed by atoms with E-state index in [1.807, 2.05) is 0 Å². The minimum Gasteiger partial charge on any atom is -0.504 e. The van der Waals surface area contributed by atoms with Crippen molar-refractivity contribution in [3.63, 3.8) is 0 Å². The number of methoxy groups -OCH3 is 1. The van der Waals surface area contributed by atoms with E-state index in [0.717, 1.165) is 29.7 Å². The SMILES string of the molecule is COc1cc(/C=N/n2cnc3sc4c(c3c2=O)CCCC4)ccc1O. The zero-order chi connectivity index (χ0) is 17.4. The highest BCUT2D eigenvalue weighted by Gasteiger charge is 2.19. The lowest BCUT2D eigenvalue weighted by Gasteiger charge is -2.09. The molecule has 0 atom stereocenters. The first-order valence-electron chi connectivity index (χ1n) is 8.10. The number of rotatable bonds is 3. The monoisotopic (exact) mass is 355 g/mol. The highest BCUT2D eigenvalue weighted by atomic mass is 32.1. The fourth-order valence-corrected chi connectivity index (χ4v) is 4.34. The van der Waals surface area contributed by atoms with Crippen LogP contribution >= 0.6 is 11.3 Å². The Morgan fingerprint density at radius 1 is 1.36 bits per heavy atom. The molecule has 1 aromatic carbocycles. The number of phenols is 1. The third-order valence-electron chi connectivity index (χ3n) is 4.39. The lowest BCUT2D eigenvalue weighted by Crippen LogP contribution is -2.18. The molecular formula is C18H17N3O3S. The van der Waals surface area contributed by atoms with Gasteiger partial charge in [-0.2, -0.15) is 9.78 Å². The van der Waals surface area contributed by atoms with Crippen LogP contribution in [0.25, 0.3) is 10.2 Å². The quantitative estimate of drug-likeness (QED) is 0.733. The van der Waals surface area contributed by atoms with E-state index in [2.05, 4.69) is 10.1 Å². The number of aromatic nitrogens is 2. The van der Waals surface area contributed by atoms with Crippen molar-refractivity contribution in [1.82, 2.24) is 9.66 Å². The molecule has 128 valence electrons. The van der Waals surface area contributed by atoms with Crippen LogP contribution in [0.1, 0.15) is 28.8 Å². The Kier molecular flexibility index (Phi) is 4.01. The van der Waals surface area contributed by atoms with Crippen LogP contribution in [-0.2, 0) is 12.8 Å². The number of hydrogen-bond donors (Lipinski definition) is 1. The van der Waals surface area contributed by atoms with E-state index in [-0.39, 0.29) is 11.3 Å². The van der Waals surface area contributed by atoms with Crippen molar-refractivity contribution >= 4 is 27.8 Å². The highest BCUT2D eigenvalue weighted by Crippen LogP contribution is 2.33. The summed E-state index contributed by atoms with van der Waals surface area (Å²) >= 11 is 1.62. The maximum atomic E-state index is 12.8. The van der Waals surface area contributed by atoms with Crippen molar-refractivity contribution in [3.05, 3.63) is 50.9 Å². The molecule has 0 amide bonds. The number of nitrogens with zero attached hydrogens (tertiary/aromatic N) is 3. The van der Waals surface area contributed by atoms with Gasteiger partial charge in [0.15, 0.2) is 11.5 Å². The maximum absolute atomic E-state index is 12.8. The van der Waals surface area contributed by atoms with Gasteiger partial charge in [0.25, 0.3) is 5.56 Å². The van der Waals surface area contributed by atoms with Crippen LogP contribution in [0.5, 0.6) is 11.5 Å². The second-order valence-electron chi connectivity index (χ2n) is 5.96. The Bertz CT molecular complexity index is 1040. The van der Waals surface area contributed by atoms with E-state index >= 15 is 0 Å². The Hall–Kier alpha value is -2.67. The molecule has 0 bridgehead atoms. The number of phenolic OH excluding ortho intramolecular Hbond substituents is 1. The molecule has 1 aliphatic rings. The van der Waals surface area contributed by atoms with Gasteiger partial charge in [-0.15, -0.1) is 11.3 Å². The molecule has 0 aliphatic heterocycles. The van der Waals surface area contributed by atoms with Crippen LogP contribution in [0.2, 0.25) is 0 Å². The molecule has 0 fully saturated rings. The molecule has 4 rings (SSSR count). The first-order chi connectivity index (χ1) is 12.2. The minimum atomic E-state index is -0.133. The van der Waals surface area contributed by atoms with Gasteiger partial charge in [-0.1, -0.05) is 0 Å². The van der Waals surface area contributed by atoms with Crippen molar-refractivity contribution in [2.45, 2.75) is 25.7 Å². The van der Waals surface area contributed by atoms with Gasteiger partial charge in [-0.05, 0) is 55.0 Å². The molecule has 6 nitrogen and oxygen atoms in total. The van der Waals surface area contributed by atoms with E-state index in [4.69, 9.17) is 4.74 Å². The highest BCUT2D eigenvalue weighted by molar-refractivity contribution is 7.18. The van der Waals surface area contributed by atoms with Crippen molar-refractivity contribution in [3.8, 4) is 11.5 Å². The molecule has 0 saturated heterocycles. The first-order valence-corrected chi connectivity index (χ1v) is 8.92. The van der Waals surface area contributed by atoms with Crippen LogP contribution in [0.4, 0.5) is 0 Å². The lowest BCUT2D eigenvalue weighted by atomic mass is 9.97. The number of aromatic hydroxyl groups is 1. The van der Waals surface area contributed by atoms with Gasteiger partial charge in [0, 0.05) is 4.88 Å². The molecule has 0 radical (unpaired) electrons. The summed E-state index contributed by atoms with van der Waals surface area (Å²) in [5.74, 6) is 0.418. The molecule has 25 heavy (non-hydrogen) atoms. The summed E-state index contributed by atoms with van der Waals surface area (Å²) < 4.78 is 6.35. The molecule has 7 heteroatoms. The predicted molar refractivity (Wildman–Crippen MR) is 98.2 cm³/mol. The number of ether oxygens (including phenoxy) is 1. The van der Waals surface area contributed by atoms with E-state index in [0.29, 0.717) is 16.7 Å². The topological polar surface area (TPSA) is 76.7 Å². The maximum Gasteiger partial charge on any atom is 0.282 e. The third-order valence-corrected chi connectivity index (χ3v) is 5.59. The summed E-state index contributed by atoms with van der Waals surface area (Å²) in [5, 5.41) is 14.6. The minimum absolute atomic E-state index is 0.0600. The van der Waals surface area contributed by atoms with Crippen LogP contribution in [-0.4, -0.2) is 28.1 Å². The fraction of sp³-hybridized carbons (Fsp3) is 0.278. The second kappa shape index (κ2) is 6.33. The molecule has 2 heterocycles. The third kappa shape index (κ3) is 2.80. The van der Waals surface area contributed by atoms with Crippen molar-refractivity contribution in [2.24, 2.45) is 5.10 Å². The van der Waals surface area contributed by atoms with Crippen molar-refractivity contribution in [1.29, 1.82) is 0 Å². The smallest absolute Gasteiger partial charge is 0.282 e. The Morgan fingerprint density at radius 3 is 3.04 bits per heavy atom. The van der Waals surface area contributed by atoms with E-state index in [9.17, 15) is 9.90 Å². The van der Waals surface area contributed by atoms with Crippen LogP contribution < -0.4 is 10.3 Å². The van der Waals surface area contributed by atoms with Gasteiger partial charge >= 0.3 is 0 Å². The number of fused-ring (bicyclic) bond motifs is 3. The molecule has 2 aromatic heterocycles. The predicted octanol–water partition coefficient (Wildman–Crippen LogP) is 2.93. The summed E-state index contributed by atoms with van der Waals surface area (Å²) in [4.78, 5) is 19.3. The second-order valence-corrected chi connectivity index (χ2v) is 7.04. The largest absolute Gasteiger partial charge is 0.504 e. The molecule has 0 spiro atoms. The van der Waals surface area contributed by atoms with E-state index in [1.165, 1.54) is 35.5 Å². The van der Waals surface area contributed by atoms with E-state index in [1.54, 1.807) is 29.7 Å². The zero-order valence-corrected chi connectivity index (χ0v) is 14.5. The van der Waals surface area contributed by atoms with Gasteiger partial charge in [-0.25, -0.2) is 4.98 Å². The standard InChI is InChI=1S/C18H17N3O3S/c1-24-14-8-11(6-7-13(14)22)9-20-21-10-19-17-16(18(21)23)12-4-2-3-5-15(12)25-17/h6-10,22H,2-5H2,1H3/b20-9+. The van der Waals surface area contributed by atoms with Gasteiger partial charge in [0.05, 0.1) is 18.7 Å². The molecule has 0 saturated carbocycles. The average Bonchev–Trinajstić information content (AvgIpc) is 3.01. The van der Waals surface area contributed by atoms with Crippen LogP contribution in [0.15, 0.2) is 34.4 Å². The number of hydrogen-bond acceptors (Lipinski definition) is 6. The fourth-order valence-electron chi connectivity index (χ4n) is 3.12. The molecular weight excluding hydrogens is 338 g/mol. The molecule has 1 N–H and O–H groups in total. The normalized spacial score (nSPS) is 14.1. The molecule has 0 unspecified atom stereocenters. The van der Waals surface area contributed by atoms with Crippen molar-refractivity contribution < 1.29 is 9.84 Å². The number of aryl methyl sites for hydroxylation is 2. The van der Waals surface area contributed by atoms with Gasteiger partial charge in [0.2, 0.25) is 0 Å². The van der Waals surface area contributed by atoms with Crippen LogP contribution in [0.3, 0.4) is 0 Å². The zero-order valence-electron chi connectivity index (χ0n) is 13.7. The Labute approximate surface area is 148 Å². The number of benzene rings is 1. The Balaban J connectivity index is 1.75. The summed E-state index contributed by atoms with van der Waals surface area (Å²) in [6.07, 6.45) is 7.27. The summed E-state index contributed by atoms with van der Waals surface area (Å²) in [6.45, 7) is 0. The van der Waals surface area contributed by atoms with Gasteiger partial charge in [0.1, 0.15) is 11.2 Å². The summed E-state index contributed by atoms with van der Waals surface area (Å²) in [7, 11) is 1.48. The first kappa shape index (κ1) is 15.8. The summed E-state index contributed by atoms with van der Waals surface area (Å²) in [5.41, 5.74) is 1.74. The molecule has 1 aliphatic carbocycles. The Morgan fingerprint density at radius 2 is 2.20 bits per heavy atom. The average molecular weight is 355 g/mol. The van der Waals surface area contributed by atoms with Crippen molar-refractivity contribution in [2.75, 3.05) is 7.11 Å². The van der Waals surface area contributed by atoms with Gasteiger partial charge < -0.3 is 9.84 Å². The van der Waals surface area contributed by atoms with Gasteiger partial charge in [-0.3, -0.25) is 4.79 Å². The number of thiophene rings is 1. The summed E-state index contributed by atoms with van der Waals surface area (Å²) in [6, 6.07) is 4.88. The lowest BCUT2D eigenvalue weighted by molar-refractivity contribution is 0.373.